The quantitative estimate of drug-likeness (QED) is 0.142. The van der Waals surface area contributed by atoms with E-state index in [1.54, 1.807) is 0 Å². The molecule has 7 heteroatoms. The average molecular weight is 1040 g/mol. The van der Waals surface area contributed by atoms with Gasteiger partial charge in [0.25, 0.3) is 0 Å². The van der Waals surface area contributed by atoms with Crippen molar-refractivity contribution in [2.75, 3.05) is 0 Å². The van der Waals surface area contributed by atoms with Crippen molar-refractivity contribution in [3.05, 3.63) is 35.9 Å². The van der Waals surface area contributed by atoms with Gasteiger partial charge in [-0.3, -0.25) is 0 Å². The van der Waals surface area contributed by atoms with Gasteiger partial charge in [0.2, 0.25) is 0 Å². The first-order valence-corrected chi connectivity index (χ1v) is 30.9. The van der Waals surface area contributed by atoms with E-state index in [2.05, 4.69) is 96.9 Å². The Kier molecular flexibility index (Phi) is 21.0. The normalized spacial score (nSPS) is 42.5. The van der Waals surface area contributed by atoms with Crippen molar-refractivity contribution in [1.82, 2.24) is 0 Å². The zero-order valence-corrected chi connectivity index (χ0v) is 50.5. The van der Waals surface area contributed by atoms with Crippen molar-refractivity contribution in [2.45, 2.75) is 282 Å². The Morgan fingerprint density at radius 2 is 0.973 bits per heavy atom. The maximum atomic E-state index is 12.8. The van der Waals surface area contributed by atoms with Crippen LogP contribution in [-0.2, 0) is 4.74 Å². The van der Waals surface area contributed by atoms with Gasteiger partial charge in [-0.25, -0.2) is 4.79 Å². The molecule has 4 N–H and O–H groups in total. The number of hydrogen-bond acceptors (Lipinski definition) is 6. The van der Waals surface area contributed by atoms with Crippen LogP contribution in [0.2, 0.25) is 0 Å². The van der Waals surface area contributed by atoms with Crippen LogP contribution in [0.3, 0.4) is 0 Å². The van der Waals surface area contributed by atoms with E-state index >= 15 is 0 Å². The number of carbonyl (C=O) groups excluding carboxylic acids is 1. The molecule has 8 fully saturated rings. The molecule has 0 aliphatic heterocycles. The molecule has 0 spiro atoms. The number of esters is 1. The number of carbonyl (C=O) groups is 1. The summed E-state index contributed by atoms with van der Waals surface area (Å²) in [6, 6.07) is 9.44. The van der Waals surface area contributed by atoms with Crippen LogP contribution >= 0.6 is 0 Å². The number of rotatable bonds is 12. The minimum atomic E-state index is -0.444. The zero-order chi connectivity index (χ0) is 52.5. The van der Waals surface area contributed by atoms with Crippen LogP contribution in [0, 0.1) is 104 Å². The molecule has 8 saturated carbocycles. The van der Waals surface area contributed by atoms with Gasteiger partial charge in [0.1, 0.15) is 6.10 Å². The van der Waals surface area contributed by atoms with E-state index < -0.39 is 11.2 Å². The van der Waals surface area contributed by atoms with Crippen LogP contribution < -0.4 is 18.9 Å². The van der Waals surface area contributed by atoms with Gasteiger partial charge in [-0.15, -0.1) is 0 Å². The van der Waals surface area contributed by atoms with Crippen LogP contribution in [0.5, 0.6) is 0 Å². The standard InChI is InChI=1S/C37H58O3.C30H54O2.CH4.Li.H2O/c1-25(12-11-15-32(34(2,3)4)40-33(38)26-13-9-8-10-14-26)29-18-19-30-28-17-16-27-24-35(5,39)22-23-36(27,6)31(28)20-21-37(29,30)7;1-20(9-8-10-26(31)27(2,3)4)23-13-14-24-22-12-11-21-19-28(5,32)17-18-29(21,6)25(22)15-16-30(23,24)7;;;/h8-10,13-14,25,27-32,39H,11-12,15-24H2,1-7H3;20-26,31-32H,8-19H2,1-7H3;1H4;;1H2/q;;;+1;/p-1/t25-,27+,28+,29-,30+,31+,32-,35+,36+,37-;20-,21+,22+,23-,24+,25+,26-,28+,29+,30-;;;/m11.../s1. The summed E-state index contributed by atoms with van der Waals surface area (Å²) in [6.45, 7) is 32.8. The van der Waals surface area contributed by atoms with Gasteiger partial charge in [-0.2, -0.15) is 0 Å². The molecule has 1 aromatic carbocycles. The second-order valence-corrected chi connectivity index (χ2v) is 31.5. The minimum absolute atomic E-state index is 0. The number of ether oxygens (including phenoxy) is 1. The van der Waals surface area contributed by atoms with Crippen molar-refractivity contribution in [3.8, 4) is 0 Å². The Labute approximate surface area is 473 Å². The van der Waals surface area contributed by atoms with Gasteiger partial charge in [-0.05, 0) is 264 Å². The Bertz CT molecular complexity index is 1970. The van der Waals surface area contributed by atoms with Gasteiger partial charge in [0.15, 0.2) is 0 Å². The van der Waals surface area contributed by atoms with E-state index in [1.807, 2.05) is 30.3 Å². The number of fused-ring (bicyclic) bond motifs is 10. The monoisotopic (exact) mass is 1040 g/mol. The first-order valence-electron chi connectivity index (χ1n) is 30.9. The largest absolute Gasteiger partial charge is 1.00 e. The van der Waals surface area contributed by atoms with Gasteiger partial charge in [0.05, 0.1) is 22.9 Å². The second kappa shape index (κ2) is 24.3. The number of hydrogen-bond donors (Lipinski definition) is 3. The molecule has 8 aliphatic rings. The van der Waals surface area contributed by atoms with E-state index in [1.165, 1.54) is 109 Å². The van der Waals surface area contributed by atoms with Gasteiger partial charge in [-0.1, -0.05) is 128 Å². The first-order chi connectivity index (χ1) is 33.5. The summed E-state index contributed by atoms with van der Waals surface area (Å²) >= 11 is 0. The maximum absolute atomic E-state index is 12.8. The van der Waals surface area contributed by atoms with Crippen molar-refractivity contribution < 1.29 is 49.2 Å². The smallest absolute Gasteiger partial charge is 0.870 e. The fourth-order valence-corrected chi connectivity index (χ4v) is 20.3. The first kappa shape index (κ1) is 64.9. The third kappa shape index (κ3) is 13.2. The Hall–Kier alpha value is -0.873. The molecule has 0 unspecified atom stereocenters. The van der Waals surface area contributed by atoms with E-state index in [-0.39, 0.29) is 60.8 Å². The molecule has 9 rings (SSSR count). The van der Waals surface area contributed by atoms with E-state index in [0.29, 0.717) is 39.1 Å². The van der Waals surface area contributed by atoms with Crippen LogP contribution in [-0.4, -0.2) is 50.2 Å². The topological polar surface area (TPSA) is 117 Å². The molecule has 0 bridgehead atoms. The van der Waals surface area contributed by atoms with Crippen molar-refractivity contribution >= 4 is 5.97 Å². The molecule has 20 atom stereocenters. The van der Waals surface area contributed by atoms with Crippen molar-refractivity contribution in [3.63, 3.8) is 0 Å². The molecule has 0 aromatic heterocycles. The van der Waals surface area contributed by atoms with Gasteiger partial charge in [0, 0.05) is 0 Å². The summed E-state index contributed by atoms with van der Waals surface area (Å²) < 4.78 is 6.08. The molecule has 8 aliphatic carbocycles. The third-order valence-electron chi connectivity index (χ3n) is 24.9. The second-order valence-electron chi connectivity index (χ2n) is 31.5. The summed E-state index contributed by atoms with van der Waals surface area (Å²) in [7, 11) is 0. The molecular formula is C68H117LiO6. The molecule has 0 amide bonds. The summed E-state index contributed by atoms with van der Waals surface area (Å²) in [5.74, 6) is 9.83. The zero-order valence-electron chi connectivity index (χ0n) is 50.5. The molecule has 0 heterocycles. The van der Waals surface area contributed by atoms with E-state index in [9.17, 15) is 20.1 Å². The van der Waals surface area contributed by atoms with E-state index in [0.717, 1.165) is 104 Å². The van der Waals surface area contributed by atoms with Crippen LogP contribution in [0.15, 0.2) is 30.3 Å². The van der Waals surface area contributed by atoms with Gasteiger partial charge < -0.3 is 25.5 Å². The average Bonchev–Trinajstić information content (AvgIpc) is 3.85. The van der Waals surface area contributed by atoms with Crippen molar-refractivity contribution in [1.29, 1.82) is 0 Å². The number of benzene rings is 1. The third-order valence-corrected chi connectivity index (χ3v) is 24.9. The SMILES string of the molecule is C.C[C@H](CCC[C@@H](O)C(C)(C)C)[C@H]1CC[C@H]2[C@@H]3CC[C@H]4C[C@@](C)(O)CC[C@]4(C)[C@H]3CC[C@]12C.C[C@H](CCC[C@@H](OC(=O)c1ccccc1)C(C)(C)C)[C@H]1CC[C@H]2[C@@H]3CC[C@H]4C[C@@](C)(O)CC[C@]4(C)[C@H]3CC[C@]12C.[Li+].[OH-]. The predicted molar refractivity (Wildman–Crippen MR) is 307 cm³/mol. The molecule has 1 aromatic rings. The Morgan fingerprint density at radius 1 is 0.560 bits per heavy atom. The van der Waals surface area contributed by atoms with E-state index in [4.69, 9.17) is 4.74 Å². The van der Waals surface area contributed by atoms with Gasteiger partial charge >= 0.3 is 24.8 Å². The molecule has 426 valence electrons. The number of aliphatic hydroxyl groups excluding tert-OH is 1. The Balaban J connectivity index is 0.000000273. The maximum Gasteiger partial charge on any atom is 1.00 e. The minimum Gasteiger partial charge on any atom is -0.870 e. The summed E-state index contributed by atoms with van der Waals surface area (Å²) in [5, 5.41) is 32.0. The van der Waals surface area contributed by atoms with Crippen LogP contribution in [0.4, 0.5) is 0 Å². The molecule has 75 heavy (non-hydrogen) atoms. The molecule has 6 nitrogen and oxygen atoms in total. The molecule has 0 saturated heterocycles. The van der Waals surface area contributed by atoms with Crippen molar-refractivity contribution in [2.24, 2.45) is 104 Å². The van der Waals surface area contributed by atoms with Crippen LogP contribution in [0.25, 0.3) is 0 Å². The molecule has 0 radical (unpaired) electrons. The summed E-state index contributed by atoms with van der Waals surface area (Å²) in [6.07, 6.45) is 29.8. The fourth-order valence-electron chi connectivity index (χ4n) is 20.3. The summed E-state index contributed by atoms with van der Waals surface area (Å²) in [5.41, 5.74) is 1.64. The molecular weight excluding hydrogens is 920 g/mol. The number of aliphatic hydroxyl groups is 3. The Morgan fingerprint density at radius 3 is 1.39 bits per heavy atom. The predicted octanol–water partition coefficient (Wildman–Crippen LogP) is 14.5. The fraction of sp³-hybridized carbons (Fsp3) is 0.897. The summed E-state index contributed by atoms with van der Waals surface area (Å²) in [4.78, 5) is 12.8. The van der Waals surface area contributed by atoms with Crippen LogP contribution in [0.1, 0.15) is 269 Å².